The van der Waals surface area contributed by atoms with Gasteiger partial charge in [-0.25, -0.2) is 26.3 Å². The van der Waals surface area contributed by atoms with Crippen molar-refractivity contribution in [2.45, 2.75) is 0 Å². The summed E-state index contributed by atoms with van der Waals surface area (Å²) in [5.41, 5.74) is -0.860. The first-order chi connectivity index (χ1) is 9.90. The summed E-state index contributed by atoms with van der Waals surface area (Å²) >= 11 is 0. The Bertz CT molecular complexity index is 720. The Balaban J connectivity index is 2.06. The van der Waals surface area contributed by atoms with Gasteiger partial charge in [0.25, 0.3) is 0 Å². The highest BCUT2D eigenvalue weighted by Crippen LogP contribution is 2.38. The molecule has 3 rings (SSSR count). The zero-order valence-corrected chi connectivity index (χ0v) is 9.89. The van der Waals surface area contributed by atoms with E-state index in [1.807, 2.05) is 0 Å². The monoisotopic (exact) mass is 304 g/mol. The molecule has 2 nitrogen and oxygen atoms in total. The van der Waals surface area contributed by atoms with Crippen molar-refractivity contribution in [2.75, 3.05) is 0 Å². The number of benzene rings is 2. The molecule has 108 valence electrons. The van der Waals surface area contributed by atoms with E-state index in [2.05, 4.69) is 0 Å². The van der Waals surface area contributed by atoms with Crippen LogP contribution >= 0.6 is 0 Å². The van der Waals surface area contributed by atoms with Crippen LogP contribution in [0.25, 0.3) is 0 Å². The average molecular weight is 304 g/mol. The SMILES string of the molecule is Fc1cc(B2Oc3c(F)ccc(F)c3O2)c(F)c(F)c1F. The topological polar surface area (TPSA) is 18.5 Å². The molecule has 2 aromatic carbocycles. The Kier molecular flexibility index (Phi) is 3.00. The summed E-state index contributed by atoms with van der Waals surface area (Å²) in [7, 11) is -1.84. The molecule has 0 aromatic heterocycles. The zero-order chi connectivity index (χ0) is 15.3. The van der Waals surface area contributed by atoms with Crippen LogP contribution in [-0.4, -0.2) is 7.12 Å². The average Bonchev–Trinajstić information content (AvgIpc) is 2.91. The molecule has 0 saturated heterocycles. The third-order valence-electron chi connectivity index (χ3n) is 2.85. The molecule has 0 saturated carbocycles. The van der Waals surface area contributed by atoms with Gasteiger partial charge in [-0.05, 0) is 18.2 Å². The van der Waals surface area contributed by atoms with Crippen molar-refractivity contribution in [3.8, 4) is 11.5 Å². The second-order valence-electron chi connectivity index (χ2n) is 4.14. The second-order valence-corrected chi connectivity index (χ2v) is 4.14. The fourth-order valence-corrected chi connectivity index (χ4v) is 1.86. The number of hydrogen-bond acceptors (Lipinski definition) is 2. The summed E-state index contributed by atoms with van der Waals surface area (Å²) in [6, 6.07) is 1.77. The van der Waals surface area contributed by atoms with Crippen LogP contribution < -0.4 is 14.8 Å². The van der Waals surface area contributed by atoms with E-state index in [0.29, 0.717) is 6.07 Å². The molecule has 0 N–H and O–H groups in total. The minimum atomic E-state index is -2.07. The van der Waals surface area contributed by atoms with Crippen molar-refractivity contribution in [3.63, 3.8) is 0 Å². The first kappa shape index (κ1) is 13.7. The number of halogens is 6. The Hall–Kier alpha value is -2.32. The summed E-state index contributed by atoms with van der Waals surface area (Å²) in [6.45, 7) is 0. The lowest BCUT2D eigenvalue weighted by Gasteiger charge is -2.07. The molecule has 2 aromatic rings. The van der Waals surface area contributed by atoms with Gasteiger partial charge in [-0.3, -0.25) is 0 Å². The summed E-state index contributed by atoms with van der Waals surface area (Å²) in [5, 5.41) is 0. The molecular weight excluding hydrogens is 301 g/mol. The van der Waals surface area contributed by atoms with Crippen molar-refractivity contribution in [3.05, 3.63) is 53.1 Å². The van der Waals surface area contributed by atoms with Gasteiger partial charge in [-0.1, -0.05) is 0 Å². The number of rotatable bonds is 1. The second kappa shape index (κ2) is 4.61. The van der Waals surface area contributed by atoms with Gasteiger partial charge in [0.15, 0.2) is 46.4 Å². The predicted octanol–water partition coefficient (Wildman–Crippen LogP) is 2.69. The molecular formula is C12H3BF6O2. The molecule has 0 unspecified atom stereocenters. The molecule has 0 bridgehead atoms. The molecule has 1 aliphatic heterocycles. The normalized spacial score (nSPS) is 13.0. The van der Waals surface area contributed by atoms with E-state index >= 15 is 0 Å². The maximum atomic E-state index is 13.6. The molecule has 0 radical (unpaired) electrons. The predicted molar refractivity (Wildman–Crippen MR) is 59.3 cm³/mol. The van der Waals surface area contributed by atoms with Crippen LogP contribution in [0.4, 0.5) is 26.3 Å². The molecule has 0 spiro atoms. The number of fused-ring (bicyclic) bond motifs is 1. The minimum absolute atomic E-state index is 0.292. The van der Waals surface area contributed by atoms with Crippen LogP contribution in [-0.2, 0) is 0 Å². The lowest BCUT2D eigenvalue weighted by atomic mass is 9.78. The van der Waals surface area contributed by atoms with E-state index in [9.17, 15) is 26.3 Å². The van der Waals surface area contributed by atoms with E-state index in [1.54, 1.807) is 0 Å². The Morgan fingerprint density at radius 3 is 1.71 bits per heavy atom. The third-order valence-corrected chi connectivity index (χ3v) is 2.85. The third kappa shape index (κ3) is 2.00. The van der Waals surface area contributed by atoms with Crippen LogP contribution in [0, 0.1) is 34.9 Å². The Morgan fingerprint density at radius 1 is 0.667 bits per heavy atom. The number of hydrogen-bond donors (Lipinski definition) is 0. The molecule has 0 amide bonds. The van der Waals surface area contributed by atoms with E-state index < -0.39 is 59.0 Å². The molecule has 0 atom stereocenters. The maximum Gasteiger partial charge on any atom is 0.636 e. The van der Waals surface area contributed by atoms with Gasteiger partial charge in [0.2, 0.25) is 0 Å². The van der Waals surface area contributed by atoms with Crippen molar-refractivity contribution in [1.29, 1.82) is 0 Å². The molecule has 1 aliphatic rings. The zero-order valence-electron chi connectivity index (χ0n) is 9.89. The summed E-state index contributed by atoms with van der Waals surface area (Å²) in [4.78, 5) is 0. The molecule has 9 heteroatoms. The van der Waals surface area contributed by atoms with Gasteiger partial charge in [-0.15, -0.1) is 0 Å². The van der Waals surface area contributed by atoms with Crippen LogP contribution in [0.15, 0.2) is 18.2 Å². The van der Waals surface area contributed by atoms with Crippen LogP contribution in [0.3, 0.4) is 0 Å². The smallest absolute Gasteiger partial charge is 0.517 e. The van der Waals surface area contributed by atoms with Gasteiger partial charge < -0.3 is 9.31 Å². The molecule has 0 fully saturated rings. The van der Waals surface area contributed by atoms with Crippen molar-refractivity contribution < 1.29 is 35.7 Å². The van der Waals surface area contributed by atoms with Crippen LogP contribution in [0.5, 0.6) is 11.5 Å². The summed E-state index contributed by atoms with van der Waals surface area (Å²) in [5.74, 6) is -10.9. The van der Waals surface area contributed by atoms with E-state index in [0.717, 1.165) is 12.1 Å². The first-order valence-electron chi connectivity index (χ1n) is 5.54. The van der Waals surface area contributed by atoms with Crippen molar-refractivity contribution >= 4 is 12.6 Å². The molecule has 21 heavy (non-hydrogen) atoms. The first-order valence-corrected chi connectivity index (χ1v) is 5.54. The van der Waals surface area contributed by atoms with E-state index in [1.165, 1.54) is 0 Å². The summed E-state index contributed by atoms with van der Waals surface area (Å²) < 4.78 is 89.1. The van der Waals surface area contributed by atoms with Crippen molar-refractivity contribution in [1.82, 2.24) is 0 Å². The summed E-state index contributed by atoms with van der Waals surface area (Å²) in [6.07, 6.45) is 0. The minimum Gasteiger partial charge on any atom is -0.517 e. The maximum absolute atomic E-state index is 13.6. The van der Waals surface area contributed by atoms with Crippen LogP contribution in [0.1, 0.15) is 0 Å². The van der Waals surface area contributed by atoms with Gasteiger partial charge >= 0.3 is 7.12 Å². The highest BCUT2D eigenvalue weighted by atomic mass is 19.2. The highest BCUT2D eigenvalue weighted by Gasteiger charge is 2.41. The van der Waals surface area contributed by atoms with Crippen LogP contribution in [0.2, 0.25) is 0 Å². The van der Waals surface area contributed by atoms with Gasteiger partial charge in [0.1, 0.15) is 0 Å². The molecule has 0 aliphatic carbocycles. The largest absolute Gasteiger partial charge is 0.636 e. The Labute approximate surface area is 114 Å². The van der Waals surface area contributed by atoms with Gasteiger partial charge in [-0.2, -0.15) is 0 Å². The fraction of sp³-hybridized carbons (Fsp3) is 0. The quantitative estimate of drug-likeness (QED) is 0.349. The van der Waals surface area contributed by atoms with Gasteiger partial charge in [0, 0.05) is 0 Å². The van der Waals surface area contributed by atoms with E-state index in [4.69, 9.17) is 9.31 Å². The van der Waals surface area contributed by atoms with Gasteiger partial charge in [0.05, 0.1) is 5.46 Å². The highest BCUT2D eigenvalue weighted by molar-refractivity contribution is 6.63. The lowest BCUT2D eigenvalue weighted by Crippen LogP contribution is -2.42. The molecule has 1 heterocycles. The fourth-order valence-electron chi connectivity index (χ4n) is 1.86. The standard InChI is InChI=1S/C12H3BF6O2/c14-5-1-2-6(15)12-11(5)20-13(21-12)4-3-7(16)9(18)10(19)8(4)17/h1-3H. The van der Waals surface area contributed by atoms with E-state index in [-0.39, 0.29) is 0 Å². The van der Waals surface area contributed by atoms with Crippen molar-refractivity contribution in [2.24, 2.45) is 0 Å². The lowest BCUT2D eigenvalue weighted by molar-refractivity contribution is 0.409. The Morgan fingerprint density at radius 2 is 1.19 bits per heavy atom.